The molecule has 1 atom stereocenters. The van der Waals surface area contributed by atoms with Crippen LogP contribution in [-0.4, -0.2) is 30.3 Å². The van der Waals surface area contributed by atoms with Gasteiger partial charge in [-0.25, -0.2) is 4.68 Å². The third kappa shape index (κ3) is 3.36. The highest BCUT2D eigenvalue weighted by Gasteiger charge is 2.20. The Bertz CT molecular complexity index is 721. The summed E-state index contributed by atoms with van der Waals surface area (Å²) in [6.07, 6.45) is 0. The molecule has 0 fully saturated rings. The molecule has 3 aromatic rings. The molecular weight excluding hydrogens is 320 g/mol. The Morgan fingerprint density at radius 3 is 2.95 bits per heavy atom. The van der Waals surface area contributed by atoms with Crippen LogP contribution in [0.15, 0.2) is 27.2 Å². The molecule has 0 radical (unpaired) electrons. The maximum atomic E-state index is 5.37. The van der Waals surface area contributed by atoms with Crippen LogP contribution < -0.4 is 0 Å². The average Bonchev–Trinajstić information content (AvgIpc) is 3.18. The predicted molar refractivity (Wildman–Crippen MR) is 84.5 cm³/mol. The maximum absolute atomic E-state index is 5.37. The SMILES string of the molecule is CC(C)Cn1nnnc1SC(C)c1nc(-c2cccs2)no1. The number of hydrogen-bond acceptors (Lipinski definition) is 8. The second-order valence-corrected chi connectivity index (χ2v) is 7.49. The summed E-state index contributed by atoms with van der Waals surface area (Å²) in [5.74, 6) is 1.68. The molecule has 0 aliphatic carbocycles. The molecule has 0 amide bonds. The third-order valence-electron chi connectivity index (χ3n) is 2.85. The molecule has 9 heteroatoms. The lowest BCUT2D eigenvalue weighted by atomic mass is 10.2. The Balaban J connectivity index is 1.72. The van der Waals surface area contributed by atoms with Gasteiger partial charge in [0.25, 0.3) is 0 Å². The van der Waals surface area contributed by atoms with E-state index in [9.17, 15) is 0 Å². The van der Waals surface area contributed by atoms with Gasteiger partial charge in [0.15, 0.2) is 0 Å². The zero-order valence-electron chi connectivity index (χ0n) is 12.5. The van der Waals surface area contributed by atoms with Crippen LogP contribution in [0.4, 0.5) is 0 Å². The van der Waals surface area contributed by atoms with Crippen molar-refractivity contribution in [1.82, 2.24) is 30.3 Å². The minimum atomic E-state index is -0.0156. The van der Waals surface area contributed by atoms with Crippen molar-refractivity contribution in [3.8, 4) is 10.7 Å². The number of rotatable bonds is 6. The Kier molecular flexibility index (Phi) is 4.53. The van der Waals surface area contributed by atoms with Crippen LogP contribution in [0.2, 0.25) is 0 Å². The van der Waals surface area contributed by atoms with E-state index in [4.69, 9.17) is 4.52 Å². The van der Waals surface area contributed by atoms with E-state index in [1.807, 2.05) is 29.1 Å². The second kappa shape index (κ2) is 6.57. The molecule has 0 aliphatic rings. The summed E-state index contributed by atoms with van der Waals surface area (Å²) < 4.78 is 7.17. The van der Waals surface area contributed by atoms with Crippen LogP contribution in [-0.2, 0) is 6.54 Å². The number of nitrogens with zero attached hydrogens (tertiary/aromatic N) is 6. The van der Waals surface area contributed by atoms with Crippen molar-refractivity contribution in [2.75, 3.05) is 0 Å². The van der Waals surface area contributed by atoms with Gasteiger partial charge in [-0.15, -0.1) is 16.4 Å². The minimum absolute atomic E-state index is 0.0156. The van der Waals surface area contributed by atoms with Crippen LogP contribution >= 0.6 is 23.1 Å². The lowest BCUT2D eigenvalue weighted by Gasteiger charge is -2.08. The first kappa shape index (κ1) is 15.2. The quantitative estimate of drug-likeness (QED) is 0.639. The van der Waals surface area contributed by atoms with Crippen LogP contribution in [0.25, 0.3) is 10.7 Å². The topological polar surface area (TPSA) is 82.5 Å². The maximum Gasteiger partial charge on any atom is 0.240 e. The molecule has 3 aromatic heterocycles. The van der Waals surface area contributed by atoms with Crippen molar-refractivity contribution in [1.29, 1.82) is 0 Å². The van der Waals surface area contributed by atoms with E-state index in [1.165, 1.54) is 11.8 Å². The van der Waals surface area contributed by atoms with Crippen molar-refractivity contribution in [3.63, 3.8) is 0 Å². The fourth-order valence-electron chi connectivity index (χ4n) is 1.86. The summed E-state index contributed by atoms with van der Waals surface area (Å²) in [5.41, 5.74) is 0. The van der Waals surface area contributed by atoms with Crippen molar-refractivity contribution in [2.24, 2.45) is 5.92 Å². The largest absolute Gasteiger partial charge is 0.338 e. The monoisotopic (exact) mass is 336 g/mol. The number of tetrazole rings is 1. The number of hydrogen-bond donors (Lipinski definition) is 0. The number of thioether (sulfide) groups is 1. The first-order valence-electron chi connectivity index (χ1n) is 6.93. The molecule has 0 spiro atoms. The van der Waals surface area contributed by atoms with Gasteiger partial charge >= 0.3 is 0 Å². The summed E-state index contributed by atoms with van der Waals surface area (Å²) in [5, 5.41) is 18.6. The first-order chi connectivity index (χ1) is 10.6. The van der Waals surface area contributed by atoms with Crippen molar-refractivity contribution in [2.45, 2.75) is 37.7 Å². The normalized spacial score (nSPS) is 12.9. The highest BCUT2D eigenvalue weighted by Crippen LogP contribution is 2.33. The fraction of sp³-hybridized carbons (Fsp3) is 0.462. The lowest BCUT2D eigenvalue weighted by molar-refractivity contribution is 0.380. The molecule has 0 aromatic carbocycles. The molecule has 22 heavy (non-hydrogen) atoms. The summed E-state index contributed by atoms with van der Waals surface area (Å²) in [4.78, 5) is 5.45. The van der Waals surface area contributed by atoms with E-state index in [1.54, 1.807) is 11.3 Å². The lowest BCUT2D eigenvalue weighted by Crippen LogP contribution is -2.08. The Morgan fingerprint density at radius 2 is 2.23 bits per heavy atom. The minimum Gasteiger partial charge on any atom is -0.338 e. The zero-order valence-corrected chi connectivity index (χ0v) is 14.1. The molecule has 0 bridgehead atoms. The van der Waals surface area contributed by atoms with E-state index >= 15 is 0 Å². The zero-order chi connectivity index (χ0) is 15.5. The molecule has 3 heterocycles. The summed E-state index contributed by atoms with van der Waals surface area (Å²) in [6.45, 7) is 7.05. The van der Waals surface area contributed by atoms with Crippen molar-refractivity contribution < 1.29 is 4.52 Å². The smallest absolute Gasteiger partial charge is 0.240 e. The van der Waals surface area contributed by atoms with E-state index in [2.05, 4.69) is 39.5 Å². The summed E-state index contributed by atoms with van der Waals surface area (Å²) >= 11 is 3.10. The standard InChI is InChI=1S/C13H16N6OS2/c1-8(2)7-19-13(15-17-18-19)22-9(3)12-14-11(16-20-12)10-5-4-6-21-10/h4-6,8-9H,7H2,1-3H3. The van der Waals surface area contributed by atoms with Crippen molar-refractivity contribution >= 4 is 23.1 Å². The second-order valence-electron chi connectivity index (χ2n) is 5.23. The third-order valence-corrected chi connectivity index (χ3v) is 4.77. The first-order valence-corrected chi connectivity index (χ1v) is 8.69. The predicted octanol–water partition coefficient (Wildman–Crippen LogP) is 3.29. The molecule has 1 unspecified atom stereocenters. The molecule has 0 aliphatic heterocycles. The van der Waals surface area contributed by atoms with Gasteiger partial charge in [0, 0.05) is 6.54 Å². The molecule has 116 valence electrons. The average molecular weight is 336 g/mol. The van der Waals surface area contributed by atoms with E-state index in [0.29, 0.717) is 17.6 Å². The summed E-state index contributed by atoms with van der Waals surface area (Å²) in [7, 11) is 0. The fourth-order valence-corrected chi connectivity index (χ4v) is 3.33. The van der Waals surface area contributed by atoms with Crippen LogP contribution in [0.5, 0.6) is 0 Å². The Morgan fingerprint density at radius 1 is 1.36 bits per heavy atom. The molecule has 0 N–H and O–H groups in total. The van der Waals surface area contributed by atoms with Gasteiger partial charge in [-0.05, 0) is 34.7 Å². The molecular formula is C13H16N6OS2. The number of aromatic nitrogens is 6. The van der Waals surface area contributed by atoms with Gasteiger partial charge in [-0.1, -0.05) is 36.8 Å². The van der Waals surface area contributed by atoms with E-state index < -0.39 is 0 Å². The molecule has 7 nitrogen and oxygen atoms in total. The van der Waals surface area contributed by atoms with Gasteiger partial charge in [0.05, 0.1) is 10.1 Å². The highest BCUT2D eigenvalue weighted by molar-refractivity contribution is 7.99. The van der Waals surface area contributed by atoms with Gasteiger partial charge in [0.2, 0.25) is 16.9 Å². The molecule has 0 saturated heterocycles. The van der Waals surface area contributed by atoms with Crippen molar-refractivity contribution in [3.05, 3.63) is 23.4 Å². The molecule has 0 saturated carbocycles. The van der Waals surface area contributed by atoms with E-state index in [-0.39, 0.29) is 5.25 Å². The summed E-state index contributed by atoms with van der Waals surface area (Å²) in [6, 6.07) is 3.94. The van der Waals surface area contributed by atoms with Gasteiger partial charge in [-0.2, -0.15) is 4.98 Å². The molecule has 3 rings (SSSR count). The van der Waals surface area contributed by atoms with Crippen LogP contribution in [0.3, 0.4) is 0 Å². The van der Waals surface area contributed by atoms with E-state index in [0.717, 1.165) is 16.6 Å². The van der Waals surface area contributed by atoms with Gasteiger partial charge in [-0.3, -0.25) is 0 Å². The Hall–Kier alpha value is -1.74. The van der Waals surface area contributed by atoms with Gasteiger partial charge < -0.3 is 4.52 Å². The van der Waals surface area contributed by atoms with Gasteiger partial charge in [0.1, 0.15) is 0 Å². The Labute approximate surface area is 136 Å². The van der Waals surface area contributed by atoms with Crippen LogP contribution in [0.1, 0.15) is 31.9 Å². The van der Waals surface area contributed by atoms with Crippen LogP contribution in [0, 0.1) is 5.92 Å². The number of thiophene rings is 1. The highest BCUT2D eigenvalue weighted by atomic mass is 32.2.